The Kier molecular flexibility index (Phi) is 4.19. The number of nitrogens with zero attached hydrogens (tertiary/aromatic N) is 1. The van der Waals surface area contributed by atoms with Crippen molar-refractivity contribution in [3.63, 3.8) is 0 Å². The average Bonchev–Trinajstić information content (AvgIpc) is 2.94. The van der Waals surface area contributed by atoms with Crippen molar-refractivity contribution in [3.8, 4) is 0 Å². The largest absolute Gasteiger partial charge is 0.392 e. The zero-order valence-electron chi connectivity index (χ0n) is 11.7. The molecule has 0 unspecified atom stereocenters. The van der Waals surface area contributed by atoms with Crippen LogP contribution in [0, 0.1) is 5.82 Å². The van der Waals surface area contributed by atoms with Gasteiger partial charge in [0.15, 0.2) is 0 Å². The number of aliphatic hydroxyl groups is 1. The van der Waals surface area contributed by atoms with Crippen LogP contribution in [-0.2, 0) is 9.53 Å². The first-order chi connectivity index (χ1) is 10.1. The van der Waals surface area contributed by atoms with Crippen LogP contribution in [0.25, 0.3) is 0 Å². The van der Waals surface area contributed by atoms with Crippen LogP contribution in [0.3, 0.4) is 0 Å². The van der Waals surface area contributed by atoms with Crippen molar-refractivity contribution < 1.29 is 19.0 Å². The summed E-state index contributed by atoms with van der Waals surface area (Å²) in [5, 5.41) is 12.5. The van der Waals surface area contributed by atoms with Gasteiger partial charge in [-0.25, -0.2) is 4.39 Å². The molecule has 114 valence electrons. The van der Waals surface area contributed by atoms with Gasteiger partial charge in [0, 0.05) is 13.1 Å². The van der Waals surface area contributed by atoms with Crippen molar-refractivity contribution in [1.29, 1.82) is 0 Å². The molecule has 0 bridgehead atoms. The van der Waals surface area contributed by atoms with Crippen LogP contribution in [0.15, 0.2) is 24.3 Å². The Bertz CT molecular complexity index is 508. The number of hydrogen-bond acceptors (Lipinski definition) is 4. The standard InChI is InChI=1S/C15H19FN2O3/c16-11-3-1-10(2-4-11)14-9-18(5-6-21-14)15(20)13-7-12(19)8-17-13/h1-4,12-14,17,19H,5-9H2/t12-,13-,14+/m0/s1. The fraction of sp³-hybridized carbons (Fsp3) is 0.533. The highest BCUT2D eigenvalue weighted by molar-refractivity contribution is 5.82. The Morgan fingerprint density at radius 3 is 2.81 bits per heavy atom. The quantitative estimate of drug-likeness (QED) is 0.831. The lowest BCUT2D eigenvalue weighted by Crippen LogP contribution is -2.49. The number of carbonyl (C=O) groups excluding carboxylic acids is 1. The molecule has 1 aromatic carbocycles. The molecule has 0 aromatic heterocycles. The number of halogens is 1. The highest BCUT2D eigenvalue weighted by Gasteiger charge is 2.34. The minimum Gasteiger partial charge on any atom is -0.392 e. The Morgan fingerprint density at radius 1 is 1.38 bits per heavy atom. The number of benzene rings is 1. The lowest BCUT2D eigenvalue weighted by atomic mass is 10.1. The lowest BCUT2D eigenvalue weighted by Gasteiger charge is -2.34. The highest BCUT2D eigenvalue weighted by atomic mass is 19.1. The number of nitrogens with one attached hydrogen (secondary N) is 1. The minimum atomic E-state index is -0.451. The van der Waals surface area contributed by atoms with Crippen molar-refractivity contribution in [2.45, 2.75) is 24.7 Å². The summed E-state index contributed by atoms with van der Waals surface area (Å²) < 4.78 is 18.6. The molecule has 1 amide bonds. The molecule has 5 nitrogen and oxygen atoms in total. The van der Waals surface area contributed by atoms with Gasteiger partial charge < -0.3 is 20.1 Å². The second-order valence-corrected chi connectivity index (χ2v) is 5.55. The van der Waals surface area contributed by atoms with Crippen molar-refractivity contribution in [1.82, 2.24) is 10.2 Å². The zero-order chi connectivity index (χ0) is 14.8. The maximum atomic E-state index is 13.0. The van der Waals surface area contributed by atoms with Crippen molar-refractivity contribution in [2.24, 2.45) is 0 Å². The first-order valence-corrected chi connectivity index (χ1v) is 7.21. The summed E-state index contributed by atoms with van der Waals surface area (Å²) in [7, 11) is 0. The number of carbonyl (C=O) groups is 1. The number of aliphatic hydroxyl groups excluding tert-OH is 1. The molecule has 2 saturated heterocycles. The van der Waals surface area contributed by atoms with Crippen molar-refractivity contribution >= 4 is 5.91 Å². The van der Waals surface area contributed by atoms with E-state index in [-0.39, 0.29) is 23.9 Å². The topological polar surface area (TPSA) is 61.8 Å². The summed E-state index contributed by atoms with van der Waals surface area (Å²) >= 11 is 0. The Morgan fingerprint density at radius 2 is 2.14 bits per heavy atom. The van der Waals surface area contributed by atoms with Gasteiger partial charge in [-0.05, 0) is 24.1 Å². The molecule has 21 heavy (non-hydrogen) atoms. The van der Waals surface area contributed by atoms with Gasteiger partial charge in [-0.2, -0.15) is 0 Å². The molecule has 2 fully saturated rings. The smallest absolute Gasteiger partial charge is 0.239 e. The molecule has 0 radical (unpaired) electrons. The van der Waals surface area contributed by atoms with Crippen molar-refractivity contribution in [2.75, 3.05) is 26.2 Å². The normalized spacial score (nSPS) is 29.6. The Labute approximate surface area is 122 Å². The van der Waals surface area contributed by atoms with Gasteiger partial charge in [0.05, 0.1) is 25.3 Å². The van der Waals surface area contributed by atoms with Crippen LogP contribution >= 0.6 is 0 Å². The molecule has 2 N–H and O–H groups in total. The molecule has 2 aliphatic rings. The van der Waals surface area contributed by atoms with E-state index in [1.165, 1.54) is 12.1 Å². The summed E-state index contributed by atoms with van der Waals surface area (Å²) in [5.74, 6) is -0.284. The van der Waals surface area contributed by atoms with Crippen molar-refractivity contribution in [3.05, 3.63) is 35.6 Å². The molecule has 0 saturated carbocycles. The van der Waals surface area contributed by atoms with Gasteiger partial charge in [0.1, 0.15) is 11.9 Å². The maximum Gasteiger partial charge on any atom is 0.239 e. The van der Waals surface area contributed by atoms with Crippen LogP contribution in [0.1, 0.15) is 18.1 Å². The van der Waals surface area contributed by atoms with E-state index in [1.54, 1.807) is 17.0 Å². The summed E-state index contributed by atoms with van der Waals surface area (Å²) in [4.78, 5) is 14.2. The number of amides is 1. The SMILES string of the molecule is O=C([C@@H]1C[C@H](O)CN1)N1CCO[C@@H](c2ccc(F)cc2)C1. The Balaban J connectivity index is 1.65. The molecule has 2 aliphatic heterocycles. The van der Waals surface area contributed by atoms with Gasteiger partial charge >= 0.3 is 0 Å². The molecule has 6 heteroatoms. The molecule has 2 heterocycles. The van der Waals surface area contributed by atoms with Crippen LogP contribution in [-0.4, -0.2) is 54.3 Å². The summed E-state index contributed by atoms with van der Waals surface area (Å²) in [5.41, 5.74) is 0.869. The third-order valence-corrected chi connectivity index (χ3v) is 4.03. The molecular formula is C15H19FN2O3. The van der Waals surface area contributed by atoms with Crippen LogP contribution in [0.4, 0.5) is 4.39 Å². The third kappa shape index (κ3) is 3.23. The molecule has 3 rings (SSSR count). The van der Waals surface area contributed by atoms with E-state index in [1.807, 2.05) is 0 Å². The highest BCUT2D eigenvalue weighted by Crippen LogP contribution is 2.23. The number of ether oxygens (including phenoxy) is 1. The Hall–Kier alpha value is -1.50. The fourth-order valence-corrected chi connectivity index (χ4v) is 2.85. The average molecular weight is 294 g/mol. The van der Waals surface area contributed by atoms with Crippen LogP contribution in [0.5, 0.6) is 0 Å². The minimum absolute atomic E-state index is 0.00182. The first-order valence-electron chi connectivity index (χ1n) is 7.21. The summed E-state index contributed by atoms with van der Waals surface area (Å²) in [6, 6.07) is 5.85. The number of hydrogen-bond donors (Lipinski definition) is 2. The predicted molar refractivity (Wildman–Crippen MR) is 74.1 cm³/mol. The molecule has 3 atom stereocenters. The first kappa shape index (κ1) is 14.4. The van der Waals surface area contributed by atoms with E-state index in [0.29, 0.717) is 32.7 Å². The van der Waals surface area contributed by atoms with Crippen LogP contribution in [0.2, 0.25) is 0 Å². The second kappa shape index (κ2) is 6.09. The summed E-state index contributed by atoms with van der Waals surface area (Å²) in [6.07, 6.45) is -0.222. The molecule has 0 aliphatic carbocycles. The van der Waals surface area contributed by atoms with Gasteiger partial charge in [-0.1, -0.05) is 12.1 Å². The third-order valence-electron chi connectivity index (χ3n) is 4.03. The monoisotopic (exact) mass is 294 g/mol. The molecular weight excluding hydrogens is 275 g/mol. The maximum absolute atomic E-state index is 13.0. The second-order valence-electron chi connectivity index (χ2n) is 5.55. The fourth-order valence-electron chi connectivity index (χ4n) is 2.85. The van der Waals surface area contributed by atoms with Gasteiger partial charge in [0.2, 0.25) is 5.91 Å². The van der Waals surface area contributed by atoms with Gasteiger partial charge in [-0.15, -0.1) is 0 Å². The molecule has 1 aromatic rings. The van der Waals surface area contributed by atoms with E-state index in [2.05, 4.69) is 5.32 Å². The lowest BCUT2D eigenvalue weighted by molar-refractivity contribution is -0.141. The number of morpholine rings is 1. The number of β-amino-alcohol motifs (C(OH)–C–C–N with tert-alkyl or cyclic N) is 1. The molecule has 0 spiro atoms. The van der Waals surface area contributed by atoms with E-state index < -0.39 is 6.10 Å². The summed E-state index contributed by atoms with van der Waals surface area (Å²) in [6.45, 7) is 1.93. The van der Waals surface area contributed by atoms with E-state index in [4.69, 9.17) is 4.74 Å². The predicted octanol–water partition coefficient (Wildman–Crippen LogP) is 0.448. The van der Waals surface area contributed by atoms with E-state index in [9.17, 15) is 14.3 Å². The van der Waals surface area contributed by atoms with Gasteiger partial charge in [0.25, 0.3) is 0 Å². The van der Waals surface area contributed by atoms with Crippen LogP contribution < -0.4 is 5.32 Å². The van der Waals surface area contributed by atoms with E-state index >= 15 is 0 Å². The number of rotatable bonds is 2. The van der Waals surface area contributed by atoms with E-state index in [0.717, 1.165) is 5.56 Å². The zero-order valence-corrected chi connectivity index (χ0v) is 11.7. The van der Waals surface area contributed by atoms with Gasteiger partial charge in [-0.3, -0.25) is 4.79 Å².